The molecule has 0 aliphatic heterocycles. The van der Waals surface area contributed by atoms with Crippen molar-refractivity contribution in [1.82, 2.24) is 5.32 Å². The van der Waals surface area contributed by atoms with Gasteiger partial charge in [0.15, 0.2) is 5.76 Å². The topological polar surface area (TPSA) is 77.5 Å². The molecule has 1 aromatic carbocycles. The van der Waals surface area contributed by atoms with Crippen LogP contribution in [0.3, 0.4) is 0 Å². The number of nitrogens with two attached hydrogens (primary N) is 1. The van der Waals surface area contributed by atoms with E-state index in [1.54, 1.807) is 12.1 Å². The minimum atomic E-state index is -0.281. The Balaban J connectivity index is 1.59. The molecular formula is C18H21BrN2O3. The van der Waals surface area contributed by atoms with E-state index in [1.807, 2.05) is 24.3 Å². The fourth-order valence-electron chi connectivity index (χ4n) is 3.02. The first-order valence-electron chi connectivity index (χ1n) is 8.10. The Morgan fingerprint density at radius 1 is 1.29 bits per heavy atom. The van der Waals surface area contributed by atoms with E-state index in [4.69, 9.17) is 14.9 Å². The smallest absolute Gasteiger partial charge is 0.287 e. The molecule has 1 fully saturated rings. The lowest BCUT2D eigenvalue weighted by atomic mass is 9.98. The van der Waals surface area contributed by atoms with Crippen molar-refractivity contribution in [2.75, 3.05) is 6.54 Å². The molecule has 0 atom stereocenters. The summed E-state index contributed by atoms with van der Waals surface area (Å²) in [5.41, 5.74) is 5.57. The molecule has 1 amide bonds. The molecule has 0 unspecified atom stereocenters. The molecule has 1 aliphatic rings. The third-order valence-corrected chi connectivity index (χ3v) is 4.89. The largest absolute Gasteiger partial charge is 0.486 e. The molecule has 0 radical (unpaired) electrons. The van der Waals surface area contributed by atoms with Crippen molar-refractivity contribution < 1.29 is 13.9 Å². The summed E-state index contributed by atoms with van der Waals surface area (Å²) in [7, 11) is 0. The highest BCUT2D eigenvalue weighted by Gasteiger charge is 2.34. The summed E-state index contributed by atoms with van der Waals surface area (Å²) < 4.78 is 12.2. The normalized spacial score (nSPS) is 16.1. The predicted molar refractivity (Wildman–Crippen MR) is 94.9 cm³/mol. The van der Waals surface area contributed by atoms with Gasteiger partial charge in [-0.25, -0.2) is 0 Å². The maximum atomic E-state index is 12.4. The molecule has 1 heterocycles. The fraction of sp³-hybridized carbons (Fsp3) is 0.389. The molecule has 0 spiro atoms. The zero-order valence-corrected chi connectivity index (χ0v) is 15.0. The van der Waals surface area contributed by atoms with Crippen molar-refractivity contribution in [3.05, 3.63) is 52.4 Å². The number of hydrogen-bond acceptors (Lipinski definition) is 4. The summed E-state index contributed by atoms with van der Waals surface area (Å²) in [5.74, 6) is 1.42. The molecule has 24 heavy (non-hydrogen) atoms. The molecule has 128 valence electrons. The zero-order valence-electron chi connectivity index (χ0n) is 13.4. The molecule has 0 saturated heterocycles. The van der Waals surface area contributed by atoms with Gasteiger partial charge in [-0.05, 0) is 43.2 Å². The molecule has 5 nitrogen and oxygen atoms in total. The van der Waals surface area contributed by atoms with Crippen LogP contribution in [0.15, 0.2) is 45.3 Å². The second-order valence-corrected chi connectivity index (χ2v) is 7.07. The minimum absolute atomic E-state index is 0.212. The van der Waals surface area contributed by atoms with E-state index in [1.165, 1.54) is 0 Å². The molecular weight excluding hydrogens is 372 g/mol. The molecule has 1 aromatic heterocycles. The maximum Gasteiger partial charge on any atom is 0.287 e. The number of amides is 1. The standard InChI is InChI=1S/C18H21BrN2O3/c19-13-4-3-5-14(10-13)23-11-15-6-7-16(24-15)17(22)21-18(12-20)8-1-2-9-18/h3-7,10H,1-2,8-9,11-12,20H2,(H,21,22). The van der Waals surface area contributed by atoms with Crippen molar-refractivity contribution in [3.63, 3.8) is 0 Å². The molecule has 2 aromatic rings. The van der Waals surface area contributed by atoms with Gasteiger partial charge in [-0.2, -0.15) is 0 Å². The van der Waals surface area contributed by atoms with Crippen LogP contribution in [-0.2, 0) is 6.61 Å². The van der Waals surface area contributed by atoms with Crippen molar-refractivity contribution in [3.8, 4) is 5.75 Å². The number of nitrogens with one attached hydrogen (secondary N) is 1. The third kappa shape index (κ3) is 3.99. The number of benzene rings is 1. The first-order valence-corrected chi connectivity index (χ1v) is 8.89. The first kappa shape index (κ1) is 17.0. The highest BCUT2D eigenvalue weighted by molar-refractivity contribution is 9.10. The Kier molecular flexibility index (Phi) is 5.26. The van der Waals surface area contributed by atoms with Crippen LogP contribution in [0.5, 0.6) is 5.75 Å². The Bertz CT molecular complexity index is 708. The summed E-state index contributed by atoms with van der Waals surface area (Å²) in [5, 5.41) is 3.05. The Morgan fingerprint density at radius 3 is 2.79 bits per heavy atom. The highest BCUT2D eigenvalue weighted by atomic mass is 79.9. The maximum absolute atomic E-state index is 12.4. The van der Waals surface area contributed by atoms with Crippen LogP contribution in [0.2, 0.25) is 0 Å². The van der Waals surface area contributed by atoms with Gasteiger partial charge in [0.25, 0.3) is 5.91 Å². The van der Waals surface area contributed by atoms with E-state index in [0.29, 0.717) is 18.1 Å². The van der Waals surface area contributed by atoms with Gasteiger partial charge in [0.05, 0.1) is 5.54 Å². The average Bonchev–Trinajstić information content (AvgIpc) is 3.23. The number of furan rings is 1. The third-order valence-electron chi connectivity index (χ3n) is 4.39. The lowest BCUT2D eigenvalue weighted by molar-refractivity contribution is 0.0870. The molecule has 3 N–H and O–H groups in total. The quantitative estimate of drug-likeness (QED) is 0.786. The Morgan fingerprint density at radius 2 is 2.08 bits per heavy atom. The van der Waals surface area contributed by atoms with Gasteiger partial charge >= 0.3 is 0 Å². The minimum Gasteiger partial charge on any atom is -0.486 e. The summed E-state index contributed by atoms with van der Waals surface area (Å²) in [4.78, 5) is 12.4. The van der Waals surface area contributed by atoms with E-state index in [-0.39, 0.29) is 18.1 Å². The van der Waals surface area contributed by atoms with Gasteiger partial charge in [-0.15, -0.1) is 0 Å². The Labute approximate surface area is 149 Å². The number of ether oxygens (including phenoxy) is 1. The number of carbonyl (C=O) groups excluding carboxylic acids is 1. The lowest BCUT2D eigenvalue weighted by Gasteiger charge is -2.28. The van der Waals surface area contributed by atoms with Crippen LogP contribution in [0.4, 0.5) is 0 Å². The van der Waals surface area contributed by atoms with Crippen LogP contribution < -0.4 is 15.8 Å². The van der Waals surface area contributed by atoms with E-state index in [9.17, 15) is 4.79 Å². The number of rotatable bonds is 6. The van der Waals surface area contributed by atoms with Crippen LogP contribution in [-0.4, -0.2) is 18.0 Å². The molecule has 1 saturated carbocycles. The highest BCUT2D eigenvalue weighted by Crippen LogP contribution is 2.29. The van der Waals surface area contributed by atoms with Crippen LogP contribution in [0.1, 0.15) is 42.0 Å². The van der Waals surface area contributed by atoms with Crippen LogP contribution in [0, 0.1) is 0 Å². The second kappa shape index (κ2) is 7.40. The van der Waals surface area contributed by atoms with Crippen molar-refractivity contribution in [1.29, 1.82) is 0 Å². The van der Waals surface area contributed by atoms with Crippen molar-refractivity contribution >= 4 is 21.8 Å². The Hall–Kier alpha value is -1.79. The number of hydrogen-bond donors (Lipinski definition) is 2. The molecule has 6 heteroatoms. The summed E-state index contributed by atoms with van der Waals surface area (Å²) in [6.45, 7) is 0.726. The number of halogens is 1. The molecule has 1 aliphatic carbocycles. The van der Waals surface area contributed by atoms with Crippen molar-refractivity contribution in [2.45, 2.75) is 37.8 Å². The first-order chi connectivity index (χ1) is 11.6. The SMILES string of the molecule is NCC1(NC(=O)c2ccc(COc3cccc(Br)c3)o2)CCCC1. The van der Waals surface area contributed by atoms with Crippen molar-refractivity contribution in [2.24, 2.45) is 5.73 Å². The summed E-state index contributed by atoms with van der Waals surface area (Å²) in [6.07, 6.45) is 4.05. The van der Waals surface area contributed by atoms with Gasteiger partial charge in [0.2, 0.25) is 0 Å². The monoisotopic (exact) mass is 392 g/mol. The van der Waals surface area contributed by atoms with Crippen LogP contribution >= 0.6 is 15.9 Å². The molecule has 3 rings (SSSR count). The van der Waals surface area contributed by atoms with E-state index in [0.717, 1.165) is 35.9 Å². The fourth-order valence-corrected chi connectivity index (χ4v) is 3.40. The average molecular weight is 393 g/mol. The molecule has 0 bridgehead atoms. The van der Waals surface area contributed by atoms with Gasteiger partial charge in [-0.1, -0.05) is 34.8 Å². The second-order valence-electron chi connectivity index (χ2n) is 6.16. The van der Waals surface area contributed by atoms with Gasteiger partial charge in [-0.3, -0.25) is 4.79 Å². The van der Waals surface area contributed by atoms with E-state index < -0.39 is 0 Å². The van der Waals surface area contributed by atoms with Crippen LogP contribution in [0.25, 0.3) is 0 Å². The van der Waals surface area contributed by atoms with Gasteiger partial charge < -0.3 is 20.2 Å². The number of carbonyl (C=O) groups is 1. The van der Waals surface area contributed by atoms with Gasteiger partial charge in [0, 0.05) is 11.0 Å². The zero-order chi connectivity index (χ0) is 17.0. The van der Waals surface area contributed by atoms with E-state index >= 15 is 0 Å². The lowest BCUT2D eigenvalue weighted by Crippen LogP contribution is -2.51. The van der Waals surface area contributed by atoms with Gasteiger partial charge in [0.1, 0.15) is 18.1 Å². The summed E-state index contributed by atoms with van der Waals surface area (Å²) >= 11 is 3.40. The summed E-state index contributed by atoms with van der Waals surface area (Å²) in [6, 6.07) is 11.0. The van der Waals surface area contributed by atoms with E-state index in [2.05, 4.69) is 21.2 Å². The predicted octanol–water partition coefficient (Wildman–Crippen LogP) is 3.62.